The van der Waals surface area contributed by atoms with Crippen LogP contribution in [0.15, 0.2) is 30.5 Å². The van der Waals surface area contributed by atoms with Gasteiger partial charge in [0.1, 0.15) is 5.15 Å². The summed E-state index contributed by atoms with van der Waals surface area (Å²) in [5, 5.41) is 2.81. The van der Waals surface area contributed by atoms with Gasteiger partial charge in [-0.25, -0.2) is 9.97 Å². The third kappa shape index (κ3) is 3.66. The second-order valence-corrected chi connectivity index (χ2v) is 4.71. The number of hydrogen-bond donors (Lipinski definition) is 1. The number of aryl methyl sites for hydroxylation is 1. The van der Waals surface area contributed by atoms with E-state index < -0.39 is 0 Å². The molecule has 0 saturated carbocycles. The van der Waals surface area contributed by atoms with Gasteiger partial charge in [-0.15, -0.1) is 0 Å². The highest BCUT2D eigenvalue weighted by atomic mass is 35.5. The smallest absolute Gasteiger partial charge is 0.256 e. The molecule has 1 aromatic carbocycles. The first kappa shape index (κ1) is 13.8. The fraction of sp³-hybridized carbons (Fsp3) is 0.154. The Labute approximate surface area is 120 Å². The van der Waals surface area contributed by atoms with E-state index in [1.165, 1.54) is 11.8 Å². The van der Waals surface area contributed by atoms with Crippen molar-refractivity contribution in [3.63, 3.8) is 0 Å². The predicted molar refractivity (Wildman–Crippen MR) is 74.4 cm³/mol. The van der Waals surface area contributed by atoms with Gasteiger partial charge in [0.25, 0.3) is 5.91 Å². The summed E-state index contributed by atoms with van der Waals surface area (Å²) in [6.45, 7) is 2.42. The normalized spacial score (nSPS) is 10.3. The zero-order valence-electron chi connectivity index (χ0n) is 10.2. The van der Waals surface area contributed by atoms with Gasteiger partial charge in [0, 0.05) is 12.7 Å². The van der Waals surface area contributed by atoms with Gasteiger partial charge in [-0.05, 0) is 24.1 Å². The van der Waals surface area contributed by atoms with Crippen LogP contribution in [0.1, 0.15) is 21.5 Å². The van der Waals surface area contributed by atoms with Crippen molar-refractivity contribution in [3.05, 3.63) is 57.6 Å². The third-order valence-electron chi connectivity index (χ3n) is 2.53. The van der Waals surface area contributed by atoms with Crippen LogP contribution in [0.3, 0.4) is 0 Å². The molecule has 4 nitrogen and oxygen atoms in total. The second-order valence-electron chi connectivity index (χ2n) is 4.01. The Bertz CT molecular complexity index is 599. The highest BCUT2D eigenvalue weighted by molar-refractivity contribution is 6.34. The minimum atomic E-state index is -0.331. The molecule has 1 amide bonds. The molecule has 0 aliphatic heterocycles. The number of hydrogen-bond acceptors (Lipinski definition) is 3. The Morgan fingerprint density at radius 3 is 2.58 bits per heavy atom. The minimum absolute atomic E-state index is 0.0140. The summed E-state index contributed by atoms with van der Waals surface area (Å²) in [5.41, 5.74) is 2.38. The van der Waals surface area contributed by atoms with Crippen molar-refractivity contribution in [3.8, 4) is 0 Å². The molecule has 19 heavy (non-hydrogen) atoms. The number of rotatable bonds is 3. The fourth-order valence-electron chi connectivity index (χ4n) is 1.48. The Kier molecular flexibility index (Phi) is 4.35. The standard InChI is InChI=1S/C13H11Cl2N3O/c1-8-2-4-9(5-3-8)6-16-12(19)10-7-17-13(15)18-11(10)14/h2-5,7H,6H2,1H3,(H,16,19). The van der Waals surface area contributed by atoms with Gasteiger partial charge in [-0.1, -0.05) is 41.4 Å². The van der Waals surface area contributed by atoms with Gasteiger partial charge in [0.2, 0.25) is 5.28 Å². The predicted octanol–water partition coefficient (Wildman–Crippen LogP) is 3.02. The lowest BCUT2D eigenvalue weighted by molar-refractivity contribution is 0.0950. The van der Waals surface area contributed by atoms with Crippen LogP contribution in [0, 0.1) is 6.92 Å². The van der Waals surface area contributed by atoms with Gasteiger partial charge < -0.3 is 5.32 Å². The molecular formula is C13H11Cl2N3O. The Morgan fingerprint density at radius 2 is 1.95 bits per heavy atom. The zero-order valence-corrected chi connectivity index (χ0v) is 11.7. The van der Waals surface area contributed by atoms with Crippen molar-refractivity contribution >= 4 is 29.1 Å². The quantitative estimate of drug-likeness (QED) is 0.699. The summed E-state index contributed by atoms with van der Waals surface area (Å²) >= 11 is 11.4. The maximum Gasteiger partial charge on any atom is 0.256 e. The number of carbonyl (C=O) groups is 1. The highest BCUT2D eigenvalue weighted by Crippen LogP contribution is 2.14. The van der Waals surface area contributed by atoms with E-state index in [9.17, 15) is 4.79 Å². The van der Waals surface area contributed by atoms with E-state index in [0.29, 0.717) is 6.54 Å². The molecule has 0 radical (unpaired) electrons. The van der Waals surface area contributed by atoms with E-state index in [0.717, 1.165) is 5.56 Å². The zero-order chi connectivity index (χ0) is 13.8. The van der Waals surface area contributed by atoms with Crippen LogP contribution in [0.2, 0.25) is 10.4 Å². The Morgan fingerprint density at radius 1 is 1.26 bits per heavy atom. The van der Waals surface area contributed by atoms with Crippen LogP contribution in [0.4, 0.5) is 0 Å². The minimum Gasteiger partial charge on any atom is -0.348 e. The molecule has 0 bridgehead atoms. The highest BCUT2D eigenvalue weighted by Gasteiger charge is 2.12. The van der Waals surface area contributed by atoms with E-state index in [1.54, 1.807) is 0 Å². The summed E-state index contributed by atoms with van der Waals surface area (Å²) in [4.78, 5) is 19.4. The van der Waals surface area contributed by atoms with Gasteiger partial charge in [-0.2, -0.15) is 0 Å². The summed E-state index contributed by atoms with van der Waals surface area (Å²) in [6, 6.07) is 7.88. The molecule has 2 rings (SSSR count). The van der Waals surface area contributed by atoms with Gasteiger partial charge in [-0.3, -0.25) is 4.79 Å². The molecule has 0 saturated heterocycles. The van der Waals surface area contributed by atoms with Crippen molar-refractivity contribution in [1.29, 1.82) is 0 Å². The molecule has 0 atom stereocenters. The lowest BCUT2D eigenvalue weighted by atomic mass is 10.1. The van der Waals surface area contributed by atoms with E-state index >= 15 is 0 Å². The average Bonchev–Trinajstić information content (AvgIpc) is 2.37. The van der Waals surface area contributed by atoms with E-state index in [1.807, 2.05) is 31.2 Å². The summed E-state index contributed by atoms with van der Waals surface area (Å²) < 4.78 is 0. The number of halogens is 2. The summed E-state index contributed by atoms with van der Waals surface area (Å²) in [5.74, 6) is -0.331. The SMILES string of the molecule is Cc1ccc(CNC(=O)c2cnc(Cl)nc2Cl)cc1. The molecule has 0 aliphatic rings. The molecule has 98 valence electrons. The maximum absolute atomic E-state index is 11.9. The molecule has 1 heterocycles. The van der Waals surface area contributed by atoms with Crippen LogP contribution in [0.5, 0.6) is 0 Å². The first-order valence-electron chi connectivity index (χ1n) is 5.58. The molecule has 1 N–H and O–H groups in total. The molecular weight excluding hydrogens is 285 g/mol. The van der Waals surface area contributed by atoms with Crippen LogP contribution in [-0.2, 0) is 6.54 Å². The number of aromatic nitrogens is 2. The van der Waals surface area contributed by atoms with Crippen molar-refractivity contribution in [2.24, 2.45) is 0 Å². The molecule has 0 unspecified atom stereocenters. The van der Waals surface area contributed by atoms with Crippen LogP contribution >= 0.6 is 23.2 Å². The lowest BCUT2D eigenvalue weighted by Gasteiger charge is -2.06. The molecule has 0 fully saturated rings. The van der Waals surface area contributed by atoms with Gasteiger partial charge >= 0.3 is 0 Å². The number of carbonyl (C=O) groups excluding carboxylic acids is 1. The van der Waals surface area contributed by atoms with Crippen molar-refractivity contribution < 1.29 is 4.79 Å². The summed E-state index contributed by atoms with van der Waals surface area (Å²) in [7, 11) is 0. The number of amides is 1. The average molecular weight is 296 g/mol. The topological polar surface area (TPSA) is 54.9 Å². The molecule has 1 aromatic heterocycles. The Balaban J connectivity index is 2.03. The van der Waals surface area contributed by atoms with Gasteiger partial charge in [0.05, 0.1) is 5.56 Å². The lowest BCUT2D eigenvalue weighted by Crippen LogP contribution is -2.23. The molecule has 0 spiro atoms. The molecule has 6 heteroatoms. The van der Waals surface area contributed by atoms with Crippen LogP contribution in [-0.4, -0.2) is 15.9 Å². The van der Waals surface area contributed by atoms with E-state index in [4.69, 9.17) is 23.2 Å². The van der Waals surface area contributed by atoms with Crippen LogP contribution < -0.4 is 5.32 Å². The monoisotopic (exact) mass is 295 g/mol. The van der Waals surface area contributed by atoms with Gasteiger partial charge in [0.15, 0.2) is 0 Å². The first-order valence-corrected chi connectivity index (χ1v) is 6.33. The second kappa shape index (κ2) is 5.99. The van der Waals surface area contributed by atoms with Crippen molar-refractivity contribution in [2.45, 2.75) is 13.5 Å². The van der Waals surface area contributed by atoms with E-state index in [2.05, 4.69) is 15.3 Å². The third-order valence-corrected chi connectivity index (χ3v) is 3.00. The van der Waals surface area contributed by atoms with Crippen molar-refractivity contribution in [2.75, 3.05) is 0 Å². The number of nitrogens with one attached hydrogen (secondary N) is 1. The first-order chi connectivity index (χ1) is 9.06. The van der Waals surface area contributed by atoms with Crippen LogP contribution in [0.25, 0.3) is 0 Å². The maximum atomic E-state index is 11.9. The molecule has 0 aliphatic carbocycles. The number of benzene rings is 1. The number of nitrogens with zero attached hydrogens (tertiary/aromatic N) is 2. The molecule has 2 aromatic rings. The van der Waals surface area contributed by atoms with E-state index in [-0.39, 0.29) is 21.9 Å². The largest absolute Gasteiger partial charge is 0.348 e. The fourth-order valence-corrected chi connectivity index (χ4v) is 1.87. The van der Waals surface area contributed by atoms with Crippen molar-refractivity contribution in [1.82, 2.24) is 15.3 Å². The summed E-state index contributed by atoms with van der Waals surface area (Å²) in [6.07, 6.45) is 1.31. The Hall–Kier alpha value is -1.65.